The number of hydrogen-bond donors (Lipinski definition) is 2. The number of nitrogens with zero attached hydrogens (tertiary/aromatic N) is 1. The Morgan fingerprint density at radius 2 is 1.88 bits per heavy atom. The smallest absolute Gasteiger partial charge is 0.265 e. The summed E-state index contributed by atoms with van der Waals surface area (Å²) in [6.07, 6.45) is 0.107. The first kappa shape index (κ1) is 18.4. The van der Waals surface area contributed by atoms with Crippen molar-refractivity contribution in [3.05, 3.63) is 23.8 Å². The van der Waals surface area contributed by atoms with Gasteiger partial charge in [0, 0.05) is 38.5 Å². The van der Waals surface area contributed by atoms with Gasteiger partial charge in [0.2, 0.25) is 11.8 Å². The summed E-state index contributed by atoms with van der Waals surface area (Å²) in [4.78, 5) is 47.7. The zero-order valence-electron chi connectivity index (χ0n) is 14.3. The number of anilines is 1. The van der Waals surface area contributed by atoms with Crippen LogP contribution in [-0.4, -0.2) is 49.7 Å². The van der Waals surface area contributed by atoms with Crippen LogP contribution in [-0.2, 0) is 14.4 Å². The van der Waals surface area contributed by atoms with Gasteiger partial charge in [0.05, 0.1) is 5.69 Å². The van der Waals surface area contributed by atoms with Gasteiger partial charge in [-0.2, -0.15) is 0 Å². The summed E-state index contributed by atoms with van der Waals surface area (Å²) in [5.41, 5.74) is 0.969. The minimum absolute atomic E-state index is 0.101. The third-order valence-corrected chi connectivity index (χ3v) is 3.69. The van der Waals surface area contributed by atoms with Gasteiger partial charge in [0.1, 0.15) is 5.75 Å². The Morgan fingerprint density at radius 3 is 2.56 bits per heavy atom. The van der Waals surface area contributed by atoms with Crippen molar-refractivity contribution in [3.8, 4) is 5.75 Å². The summed E-state index contributed by atoms with van der Waals surface area (Å²) in [6.45, 7) is 3.60. The number of hydrogen-bond acceptors (Lipinski definition) is 5. The van der Waals surface area contributed by atoms with E-state index in [2.05, 4.69) is 10.6 Å². The van der Waals surface area contributed by atoms with Gasteiger partial charge < -0.3 is 20.3 Å². The first-order chi connectivity index (χ1) is 11.9. The van der Waals surface area contributed by atoms with Gasteiger partial charge in [0.25, 0.3) is 5.91 Å². The zero-order chi connectivity index (χ0) is 18.4. The normalized spacial score (nSPS) is 12.9. The fourth-order valence-electron chi connectivity index (χ4n) is 2.41. The highest BCUT2D eigenvalue weighted by molar-refractivity contribution is 6.01. The van der Waals surface area contributed by atoms with Crippen LogP contribution in [0.1, 0.15) is 30.6 Å². The molecule has 2 N–H and O–H groups in total. The van der Waals surface area contributed by atoms with Crippen molar-refractivity contribution in [2.24, 2.45) is 0 Å². The molecule has 0 atom stereocenters. The highest BCUT2D eigenvalue weighted by Crippen LogP contribution is 2.33. The molecule has 1 aliphatic rings. The highest BCUT2D eigenvalue weighted by Gasteiger charge is 2.26. The summed E-state index contributed by atoms with van der Waals surface area (Å²) in [5, 5.41) is 5.25. The summed E-state index contributed by atoms with van der Waals surface area (Å²) < 4.78 is 5.37. The van der Waals surface area contributed by atoms with Gasteiger partial charge >= 0.3 is 0 Å². The van der Waals surface area contributed by atoms with Crippen LogP contribution < -0.4 is 20.3 Å². The maximum absolute atomic E-state index is 12.1. The van der Waals surface area contributed by atoms with E-state index in [9.17, 15) is 19.2 Å². The van der Waals surface area contributed by atoms with E-state index in [-0.39, 0.29) is 43.1 Å². The molecule has 0 bridgehead atoms. The van der Waals surface area contributed by atoms with Crippen LogP contribution >= 0.6 is 0 Å². The number of benzene rings is 1. The summed E-state index contributed by atoms with van der Waals surface area (Å²) in [6, 6.07) is 4.90. The van der Waals surface area contributed by atoms with E-state index in [1.807, 2.05) is 0 Å². The minimum atomic E-state index is -0.265. The first-order valence-corrected chi connectivity index (χ1v) is 7.97. The van der Waals surface area contributed by atoms with E-state index in [1.165, 1.54) is 18.7 Å². The molecule has 0 aromatic heterocycles. The molecule has 1 aliphatic heterocycles. The Balaban J connectivity index is 1.96. The van der Waals surface area contributed by atoms with Gasteiger partial charge in [-0.25, -0.2) is 0 Å². The molecular formula is C17H21N3O5. The van der Waals surface area contributed by atoms with Crippen molar-refractivity contribution in [2.45, 2.75) is 20.3 Å². The summed E-state index contributed by atoms with van der Waals surface area (Å²) >= 11 is 0. The van der Waals surface area contributed by atoms with Crippen molar-refractivity contribution >= 4 is 29.2 Å². The number of nitrogens with one attached hydrogen (secondary N) is 2. The van der Waals surface area contributed by atoms with Crippen LogP contribution in [0, 0.1) is 0 Å². The van der Waals surface area contributed by atoms with Crippen LogP contribution in [0.3, 0.4) is 0 Å². The monoisotopic (exact) mass is 347 g/mol. The molecule has 1 heterocycles. The molecule has 0 aliphatic carbocycles. The second-order valence-corrected chi connectivity index (χ2v) is 5.66. The predicted molar refractivity (Wildman–Crippen MR) is 90.6 cm³/mol. The lowest BCUT2D eigenvalue weighted by Gasteiger charge is -2.29. The van der Waals surface area contributed by atoms with E-state index in [0.29, 0.717) is 30.1 Å². The molecule has 134 valence electrons. The lowest BCUT2D eigenvalue weighted by Crippen LogP contribution is -2.41. The number of Topliss-reactive ketones (excluding diaryl/α,β-unsaturated/α-hetero) is 1. The molecule has 25 heavy (non-hydrogen) atoms. The summed E-state index contributed by atoms with van der Waals surface area (Å²) in [5.74, 6) is -0.258. The number of ketones is 1. The number of rotatable bonds is 7. The van der Waals surface area contributed by atoms with Gasteiger partial charge in [0.15, 0.2) is 12.4 Å². The lowest BCUT2D eigenvalue weighted by atomic mass is 10.1. The van der Waals surface area contributed by atoms with Crippen LogP contribution in [0.15, 0.2) is 18.2 Å². The third-order valence-electron chi connectivity index (χ3n) is 3.69. The van der Waals surface area contributed by atoms with Crippen molar-refractivity contribution in [3.63, 3.8) is 0 Å². The van der Waals surface area contributed by atoms with E-state index >= 15 is 0 Å². The zero-order valence-corrected chi connectivity index (χ0v) is 14.3. The topological polar surface area (TPSA) is 105 Å². The Labute approximate surface area is 145 Å². The molecule has 8 heteroatoms. The number of carbonyl (C=O) groups excluding carboxylic acids is 4. The Bertz CT molecular complexity index is 702. The van der Waals surface area contributed by atoms with Gasteiger partial charge in [-0.1, -0.05) is 0 Å². The molecule has 0 fully saturated rings. The van der Waals surface area contributed by atoms with E-state index < -0.39 is 0 Å². The van der Waals surface area contributed by atoms with Crippen molar-refractivity contribution in [1.29, 1.82) is 0 Å². The predicted octanol–water partition coefficient (Wildman–Crippen LogP) is 0.257. The highest BCUT2D eigenvalue weighted by atomic mass is 16.5. The van der Waals surface area contributed by atoms with Gasteiger partial charge in [-0.3, -0.25) is 19.2 Å². The van der Waals surface area contributed by atoms with Crippen molar-refractivity contribution in [1.82, 2.24) is 10.6 Å². The molecule has 8 nitrogen and oxygen atoms in total. The summed E-state index contributed by atoms with van der Waals surface area (Å²) in [7, 11) is 0. The molecule has 0 spiro atoms. The fraction of sp³-hybridized carbons (Fsp3) is 0.412. The van der Waals surface area contributed by atoms with Crippen molar-refractivity contribution < 1.29 is 23.9 Å². The van der Waals surface area contributed by atoms with Gasteiger partial charge in [-0.15, -0.1) is 0 Å². The second-order valence-electron chi connectivity index (χ2n) is 5.66. The number of carbonyl (C=O) groups is 4. The van der Waals surface area contributed by atoms with E-state index in [0.717, 1.165) is 0 Å². The standard InChI is InChI=1S/C17H21N3O5/c1-11(21)13-3-4-15-14(9-13)20(17(24)10-25-15)8-5-16(23)19-7-6-18-12(2)22/h3-4,9H,5-8,10H2,1-2H3,(H,18,22)(H,19,23). The Hall–Kier alpha value is -2.90. The molecule has 0 unspecified atom stereocenters. The number of fused-ring (bicyclic) bond motifs is 1. The van der Waals surface area contributed by atoms with Crippen LogP contribution in [0.5, 0.6) is 5.75 Å². The molecule has 2 rings (SSSR count). The first-order valence-electron chi connectivity index (χ1n) is 7.97. The molecule has 0 radical (unpaired) electrons. The maximum Gasteiger partial charge on any atom is 0.265 e. The Kier molecular flexibility index (Phi) is 6.10. The quantitative estimate of drug-likeness (QED) is 0.544. The average Bonchev–Trinajstić information content (AvgIpc) is 2.57. The third kappa shape index (κ3) is 5.03. The van der Waals surface area contributed by atoms with Crippen LogP contribution in [0.4, 0.5) is 5.69 Å². The minimum Gasteiger partial charge on any atom is -0.482 e. The average molecular weight is 347 g/mol. The maximum atomic E-state index is 12.1. The number of ether oxygens (including phenoxy) is 1. The van der Waals surface area contributed by atoms with Crippen LogP contribution in [0.25, 0.3) is 0 Å². The molecule has 0 saturated carbocycles. The lowest BCUT2D eigenvalue weighted by molar-refractivity contribution is -0.123. The van der Waals surface area contributed by atoms with E-state index in [1.54, 1.807) is 18.2 Å². The Morgan fingerprint density at radius 1 is 1.16 bits per heavy atom. The van der Waals surface area contributed by atoms with E-state index in [4.69, 9.17) is 4.74 Å². The number of amides is 3. The second kappa shape index (κ2) is 8.27. The van der Waals surface area contributed by atoms with Crippen LogP contribution in [0.2, 0.25) is 0 Å². The van der Waals surface area contributed by atoms with Gasteiger partial charge in [-0.05, 0) is 25.1 Å². The van der Waals surface area contributed by atoms with Crippen molar-refractivity contribution in [2.75, 3.05) is 31.1 Å². The fourth-order valence-corrected chi connectivity index (χ4v) is 2.41. The molecule has 3 amide bonds. The molecule has 0 saturated heterocycles. The SMILES string of the molecule is CC(=O)NCCNC(=O)CCN1C(=O)COc2ccc(C(C)=O)cc21. The molecule has 1 aromatic carbocycles. The largest absolute Gasteiger partial charge is 0.482 e. The molecular weight excluding hydrogens is 326 g/mol. The molecule has 1 aromatic rings.